The molecule has 5 nitrogen and oxygen atoms in total. The summed E-state index contributed by atoms with van der Waals surface area (Å²) in [6, 6.07) is 22.5. The minimum atomic E-state index is -3.68. The predicted molar refractivity (Wildman–Crippen MR) is 97.9 cm³/mol. The first-order valence-electron chi connectivity index (χ1n) is 7.68. The van der Waals surface area contributed by atoms with E-state index in [1.165, 1.54) is 12.1 Å². The first-order valence-corrected chi connectivity index (χ1v) is 9.23. The standard InChI is InChI=1S/C19H15N3O2S/c20-25(23,24)17-9-6-14(7-10-17)15-8-11-19-18(12-15)21-13-22(19)16-4-2-1-3-5-16/h1-13H,(H2,20,23,24). The zero-order valence-corrected chi connectivity index (χ0v) is 14.0. The maximum Gasteiger partial charge on any atom is 0.238 e. The summed E-state index contributed by atoms with van der Waals surface area (Å²) in [4.78, 5) is 4.59. The second-order valence-corrected chi connectivity index (χ2v) is 7.28. The molecule has 0 aliphatic rings. The Morgan fingerprint density at radius 1 is 0.840 bits per heavy atom. The molecule has 0 unspecified atom stereocenters. The second kappa shape index (κ2) is 5.84. The lowest BCUT2D eigenvalue weighted by molar-refractivity contribution is 0.598. The number of fused-ring (bicyclic) bond motifs is 1. The number of hydrogen-bond donors (Lipinski definition) is 1. The minimum absolute atomic E-state index is 0.102. The van der Waals surface area contributed by atoms with Gasteiger partial charge in [-0.2, -0.15) is 0 Å². The number of para-hydroxylation sites is 1. The molecule has 4 aromatic rings. The molecule has 0 saturated carbocycles. The number of rotatable bonds is 3. The molecule has 25 heavy (non-hydrogen) atoms. The van der Waals surface area contributed by atoms with Crippen molar-refractivity contribution in [3.63, 3.8) is 0 Å². The van der Waals surface area contributed by atoms with Gasteiger partial charge < -0.3 is 0 Å². The van der Waals surface area contributed by atoms with Gasteiger partial charge in [0, 0.05) is 5.69 Å². The zero-order chi connectivity index (χ0) is 17.4. The number of imidazole rings is 1. The van der Waals surface area contributed by atoms with Crippen molar-refractivity contribution in [3.05, 3.63) is 79.1 Å². The maximum atomic E-state index is 11.4. The predicted octanol–water partition coefficient (Wildman–Crippen LogP) is 3.34. The summed E-state index contributed by atoms with van der Waals surface area (Å²) in [6.45, 7) is 0. The highest BCUT2D eigenvalue weighted by Crippen LogP contribution is 2.26. The van der Waals surface area contributed by atoms with E-state index in [1.807, 2.05) is 53.1 Å². The Kier molecular flexibility index (Phi) is 3.63. The Bertz CT molecular complexity index is 1150. The molecule has 0 saturated heterocycles. The Morgan fingerprint density at radius 3 is 2.20 bits per heavy atom. The largest absolute Gasteiger partial charge is 0.299 e. The van der Waals surface area contributed by atoms with E-state index in [2.05, 4.69) is 4.98 Å². The van der Waals surface area contributed by atoms with Gasteiger partial charge in [0.1, 0.15) is 6.33 Å². The van der Waals surface area contributed by atoms with Crippen LogP contribution in [0.15, 0.2) is 84.0 Å². The van der Waals surface area contributed by atoms with Crippen LogP contribution >= 0.6 is 0 Å². The van der Waals surface area contributed by atoms with Gasteiger partial charge in [-0.25, -0.2) is 18.5 Å². The van der Waals surface area contributed by atoms with Gasteiger partial charge in [0.2, 0.25) is 10.0 Å². The number of benzene rings is 3. The van der Waals surface area contributed by atoms with E-state index in [4.69, 9.17) is 5.14 Å². The molecule has 4 rings (SSSR count). The number of sulfonamides is 1. The van der Waals surface area contributed by atoms with E-state index >= 15 is 0 Å². The smallest absolute Gasteiger partial charge is 0.238 e. The lowest BCUT2D eigenvalue weighted by Crippen LogP contribution is -2.11. The molecule has 1 aromatic heterocycles. The van der Waals surface area contributed by atoms with Crippen LogP contribution in [0.1, 0.15) is 0 Å². The Balaban J connectivity index is 1.75. The van der Waals surface area contributed by atoms with Gasteiger partial charge in [-0.1, -0.05) is 36.4 Å². The van der Waals surface area contributed by atoms with Crippen molar-refractivity contribution in [1.82, 2.24) is 9.55 Å². The number of hydrogen-bond acceptors (Lipinski definition) is 3. The molecule has 2 N–H and O–H groups in total. The van der Waals surface area contributed by atoms with Crippen LogP contribution in [0, 0.1) is 0 Å². The molecule has 0 amide bonds. The molecule has 0 aliphatic heterocycles. The summed E-state index contributed by atoms with van der Waals surface area (Å²) < 4.78 is 24.7. The number of aromatic nitrogens is 2. The van der Waals surface area contributed by atoms with E-state index < -0.39 is 10.0 Å². The van der Waals surface area contributed by atoms with E-state index in [9.17, 15) is 8.42 Å². The number of primary sulfonamides is 1. The molecule has 6 heteroatoms. The topological polar surface area (TPSA) is 78.0 Å². The molecular formula is C19H15N3O2S. The Labute approximate surface area is 145 Å². The van der Waals surface area contributed by atoms with Crippen LogP contribution in [-0.2, 0) is 10.0 Å². The minimum Gasteiger partial charge on any atom is -0.299 e. The molecule has 0 aliphatic carbocycles. The molecular weight excluding hydrogens is 334 g/mol. The molecule has 124 valence electrons. The van der Waals surface area contributed by atoms with Crippen LogP contribution < -0.4 is 5.14 Å². The summed E-state index contributed by atoms with van der Waals surface area (Å²) in [5.74, 6) is 0. The van der Waals surface area contributed by atoms with Gasteiger partial charge in [0.25, 0.3) is 0 Å². The van der Waals surface area contributed by atoms with Crippen LogP contribution in [0.2, 0.25) is 0 Å². The monoisotopic (exact) mass is 349 g/mol. The third kappa shape index (κ3) is 2.93. The average Bonchev–Trinajstić information content (AvgIpc) is 3.05. The normalized spacial score (nSPS) is 11.7. The molecule has 0 radical (unpaired) electrons. The molecule has 0 fully saturated rings. The van der Waals surface area contributed by atoms with Crippen molar-refractivity contribution in [3.8, 4) is 16.8 Å². The third-order valence-corrected chi connectivity index (χ3v) is 5.03. The van der Waals surface area contributed by atoms with Crippen molar-refractivity contribution in [2.45, 2.75) is 4.90 Å². The van der Waals surface area contributed by atoms with Crippen molar-refractivity contribution in [2.75, 3.05) is 0 Å². The Morgan fingerprint density at radius 2 is 1.52 bits per heavy atom. The van der Waals surface area contributed by atoms with Crippen molar-refractivity contribution in [1.29, 1.82) is 0 Å². The van der Waals surface area contributed by atoms with Crippen molar-refractivity contribution in [2.24, 2.45) is 5.14 Å². The highest BCUT2D eigenvalue weighted by molar-refractivity contribution is 7.89. The van der Waals surface area contributed by atoms with Crippen LogP contribution in [-0.4, -0.2) is 18.0 Å². The van der Waals surface area contributed by atoms with E-state index in [0.29, 0.717) is 0 Å². The molecule has 3 aromatic carbocycles. The Hall–Kier alpha value is -2.96. The van der Waals surface area contributed by atoms with E-state index in [1.54, 1.807) is 18.5 Å². The first kappa shape index (κ1) is 15.6. The fraction of sp³-hybridized carbons (Fsp3) is 0. The van der Waals surface area contributed by atoms with E-state index in [0.717, 1.165) is 27.8 Å². The van der Waals surface area contributed by atoms with Crippen molar-refractivity contribution >= 4 is 21.1 Å². The van der Waals surface area contributed by atoms with Crippen LogP contribution in [0.4, 0.5) is 0 Å². The lowest BCUT2D eigenvalue weighted by atomic mass is 10.1. The van der Waals surface area contributed by atoms with E-state index in [-0.39, 0.29) is 4.90 Å². The quantitative estimate of drug-likeness (QED) is 0.616. The lowest BCUT2D eigenvalue weighted by Gasteiger charge is -2.06. The highest BCUT2D eigenvalue weighted by atomic mass is 32.2. The zero-order valence-electron chi connectivity index (χ0n) is 13.2. The van der Waals surface area contributed by atoms with Gasteiger partial charge in [-0.3, -0.25) is 4.57 Å². The number of nitrogens with zero attached hydrogens (tertiary/aromatic N) is 2. The maximum absolute atomic E-state index is 11.4. The van der Waals surface area contributed by atoms with Gasteiger partial charge in [0.05, 0.1) is 15.9 Å². The molecule has 0 atom stereocenters. The summed E-state index contributed by atoms with van der Waals surface area (Å²) >= 11 is 0. The molecule has 0 bridgehead atoms. The first-order chi connectivity index (χ1) is 12.0. The van der Waals surface area contributed by atoms with Gasteiger partial charge in [-0.05, 0) is 47.5 Å². The average molecular weight is 349 g/mol. The number of nitrogens with two attached hydrogens (primary N) is 1. The SMILES string of the molecule is NS(=O)(=O)c1ccc(-c2ccc3c(c2)ncn3-c2ccccc2)cc1. The summed E-state index contributed by atoms with van der Waals surface area (Å²) in [5, 5.41) is 5.14. The second-order valence-electron chi connectivity index (χ2n) is 5.72. The molecule has 1 heterocycles. The van der Waals surface area contributed by atoms with Crippen molar-refractivity contribution < 1.29 is 8.42 Å². The fourth-order valence-electron chi connectivity index (χ4n) is 2.82. The summed E-state index contributed by atoms with van der Waals surface area (Å²) in [7, 11) is -3.68. The van der Waals surface area contributed by atoms with Crippen LogP contribution in [0.3, 0.4) is 0 Å². The highest BCUT2D eigenvalue weighted by Gasteiger charge is 2.09. The van der Waals surface area contributed by atoms with Gasteiger partial charge >= 0.3 is 0 Å². The third-order valence-electron chi connectivity index (χ3n) is 4.10. The van der Waals surface area contributed by atoms with Gasteiger partial charge in [-0.15, -0.1) is 0 Å². The molecule has 0 spiro atoms. The summed E-state index contributed by atoms with van der Waals surface area (Å²) in [6.07, 6.45) is 1.80. The summed E-state index contributed by atoms with van der Waals surface area (Å²) in [5.41, 5.74) is 4.80. The van der Waals surface area contributed by atoms with Crippen LogP contribution in [0.25, 0.3) is 27.8 Å². The fourth-order valence-corrected chi connectivity index (χ4v) is 3.34. The van der Waals surface area contributed by atoms with Crippen LogP contribution in [0.5, 0.6) is 0 Å². The van der Waals surface area contributed by atoms with Gasteiger partial charge in [0.15, 0.2) is 0 Å².